The van der Waals surface area contributed by atoms with Crippen molar-refractivity contribution in [2.45, 2.75) is 12.5 Å². The van der Waals surface area contributed by atoms with Gasteiger partial charge in [0.05, 0.1) is 11.6 Å². The molecule has 3 aromatic carbocycles. The number of aliphatic hydroxyl groups is 1. The third-order valence-electron chi connectivity index (χ3n) is 5.87. The molecule has 1 aliphatic heterocycles. The number of Topliss-reactive ketones (excluding diaryl/α,β-unsaturated/α-hetero) is 1. The second-order valence-electron chi connectivity index (χ2n) is 7.93. The average molecular weight is 441 g/mol. The lowest BCUT2D eigenvalue weighted by Gasteiger charge is -2.26. The highest BCUT2D eigenvalue weighted by molar-refractivity contribution is 6.16. The predicted molar refractivity (Wildman–Crippen MR) is 121 cm³/mol. The lowest BCUT2D eigenvalue weighted by molar-refractivity contribution is -0.129. The van der Waals surface area contributed by atoms with E-state index in [4.69, 9.17) is 4.42 Å². The number of aliphatic hydroxyl groups excluding tert-OH is 1. The zero-order valence-corrected chi connectivity index (χ0v) is 17.6. The Balaban J connectivity index is 1.51. The summed E-state index contributed by atoms with van der Waals surface area (Å²) in [5.41, 5.74) is 2.08. The van der Waals surface area contributed by atoms with E-state index in [-0.39, 0.29) is 23.7 Å². The highest BCUT2D eigenvalue weighted by atomic mass is 19.1. The van der Waals surface area contributed by atoms with Gasteiger partial charge in [0.2, 0.25) is 5.78 Å². The van der Waals surface area contributed by atoms with Crippen LogP contribution >= 0.6 is 0 Å². The van der Waals surface area contributed by atoms with Crippen LogP contribution in [0.15, 0.2) is 101 Å². The van der Waals surface area contributed by atoms with Crippen molar-refractivity contribution in [2.24, 2.45) is 0 Å². The molecule has 0 aliphatic carbocycles. The van der Waals surface area contributed by atoms with Gasteiger partial charge >= 0.3 is 0 Å². The van der Waals surface area contributed by atoms with Crippen molar-refractivity contribution in [2.75, 3.05) is 6.54 Å². The zero-order valence-electron chi connectivity index (χ0n) is 17.6. The van der Waals surface area contributed by atoms with Gasteiger partial charge in [-0.15, -0.1) is 0 Å². The summed E-state index contributed by atoms with van der Waals surface area (Å²) in [5.74, 6) is -2.00. The number of hydrogen-bond acceptors (Lipinski definition) is 4. The summed E-state index contributed by atoms with van der Waals surface area (Å²) in [6, 6.07) is 23.2. The summed E-state index contributed by atoms with van der Waals surface area (Å²) in [6.07, 6.45) is 0.439. The maximum absolute atomic E-state index is 13.5. The molecule has 5 nitrogen and oxygen atoms in total. The first-order chi connectivity index (χ1) is 16.0. The molecular formula is C27H20FNO4. The van der Waals surface area contributed by atoms with E-state index in [1.165, 1.54) is 17.0 Å². The summed E-state index contributed by atoms with van der Waals surface area (Å²) >= 11 is 0. The number of ketones is 1. The van der Waals surface area contributed by atoms with Crippen LogP contribution in [0.1, 0.15) is 27.7 Å². The zero-order chi connectivity index (χ0) is 22.9. The smallest absolute Gasteiger partial charge is 0.290 e. The highest BCUT2D eigenvalue weighted by Gasteiger charge is 2.44. The third kappa shape index (κ3) is 3.80. The monoisotopic (exact) mass is 441 g/mol. The Bertz CT molecular complexity index is 1340. The number of benzene rings is 3. The van der Waals surface area contributed by atoms with E-state index >= 15 is 0 Å². The van der Waals surface area contributed by atoms with E-state index in [1.807, 2.05) is 42.5 Å². The van der Waals surface area contributed by atoms with Crippen LogP contribution in [0.25, 0.3) is 11.0 Å². The number of carbonyl (C=O) groups excluding carboxylic acids is 2. The first-order valence-corrected chi connectivity index (χ1v) is 10.6. The van der Waals surface area contributed by atoms with Crippen LogP contribution in [0.4, 0.5) is 4.39 Å². The van der Waals surface area contributed by atoms with Gasteiger partial charge in [0.1, 0.15) is 11.4 Å². The quantitative estimate of drug-likeness (QED) is 0.407. The van der Waals surface area contributed by atoms with Crippen LogP contribution in [0, 0.1) is 5.82 Å². The van der Waals surface area contributed by atoms with Gasteiger partial charge in [-0.25, -0.2) is 4.39 Å². The second-order valence-corrected chi connectivity index (χ2v) is 7.93. The molecule has 4 aromatic rings. The van der Waals surface area contributed by atoms with Gasteiger partial charge < -0.3 is 14.4 Å². The van der Waals surface area contributed by atoms with E-state index in [0.717, 1.165) is 10.9 Å². The summed E-state index contributed by atoms with van der Waals surface area (Å²) in [6.45, 7) is 0.241. The minimum absolute atomic E-state index is 0.00985. The molecule has 164 valence electrons. The van der Waals surface area contributed by atoms with Crippen LogP contribution in [-0.4, -0.2) is 28.2 Å². The van der Waals surface area contributed by atoms with Crippen molar-refractivity contribution >= 4 is 22.7 Å². The number of furan rings is 1. The van der Waals surface area contributed by atoms with Gasteiger partial charge in [0, 0.05) is 11.9 Å². The molecular weight excluding hydrogens is 421 g/mol. The van der Waals surface area contributed by atoms with E-state index in [2.05, 4.69) is 0 Å². The number of nitrogens with zero attached hydrogens (tertiary/aromatic N) is 1. The van der Waals surface area contributed by atoms with E-state index in [9.17, 15) is 19.1 Å². The molecule has 33 heavy (non-hydrogen) atoms. The van der Waals surface area contributed by atoms with Crippen molar-refractivity contribution in [3.63, 3.8) is 0 Å². The molecule has 5 rings (SSSR count). The predicted octanol–water partition coefficient (Wildman–Crippen LogP) is 5.39. The lowest BCUT2D eigenvalue weighted by Crippen LogP contribution is -2.33. The second kappa shape index (κ2) is 8.39. The first-order valence-electron chi connectivity index (χ1n) is 10.6. The molecule has 0 saturated carbocycles. The van der Waals surface area contributed by atoms with Gasteiger partial charge in [-0.1, -0.05) is 60.7 Å². The van der Waals surface area contributed by atoms with Crippen molar-refractivity contribution in [1.29, 1.82) is 0 Å². The molecule has 0 radical (unpaired) electrons. The maximum atomic E-state index is 13.5. The number of halogens is 1. The van der Waals surface area contributed by atoms with Crippen molar-refractivity contribution in [1.82, 2.24) is 4.90 Å². The fourth-order valence-electron chi connectivity index (χ4n) is 4.23. The van der Waals surface area contributed by atoms with E-state index < -0.39 is 23.5 Å². The molecule has 1 N–H and O–H groups in total. The van der Waals surface area contributed by atoms with Crippen LogP contribution in [0.3, 0.4) is 0 Å². The van der Waals surface area contributed by atoms with Crippen LogP contribution in [0.2, 0.25) is 0 Å². The van der Waals surface area contributed by atoms with E-state index in [0.29, 0.717) is 17.6 Å². The van der Waals surface area contributed by atoms with Gasteiger partial charge in [0.15, 0.2) is 11.5 Å². The first kappa shape index (κ1) is 20.7. The molecule has 1 aromatic heterocycles. The topological polar surface area (TPSA) is 70.8 Å². The van der Waals surface area contributed by atoms with Crippen LogP contribution < -0.4 is 0 Å². The lowest BCUT2D eigenvalue weighted by atomic mass is 9.95. The van der Waals surface area contributed by atoms with Gasteiger partial charge in [-0.05, 0) is 41.8 Å². The molecule has 6 heteroatoms. The largest absolute Gasteiger partial charge is 0.503 e. The molecule has 0 fully saturated rings. The summed E-state index contributed by atoms with van der Waals surface area (Å²) < 4.78 is 19.0. The fraction of sp³-hybridized carbons (Fsp3) is 0.111. The number of rotatable bonds is 6. The fourth-order valence-corrected chi connectivity index (χ4v) is 4.23. The molecule has 0 spiro atoms. The average Bonchev–Trinajstić information content (AvgIpc) is 3.38. The maximum Gasteiger partial charge on any atom is 0.290 e. The van der Waals surface area contributed by atoms with Crippen molar-refractivity contribution in [3.8, 4) is 0 Å². The summed E-state index contributed by atoms with van der Waals surface area (Å²) in [5, 5.41) is 11.5. The number of hydrogen-bond donors (Lipinski definition) is 1. The molecule has 1 unspecified atom stereocenters. The van der Waals surface area contributed by atoms with Crippen LogP contribution in [-0.2, 0) is 11.2 Å². The summed E-state index contributed by atoms with van der Waals surface area (Å²) in [4.78, 5) is 28.0. The Hall–Kier alpha value is -4.19. The molecule has 1 aliphatic rings. The van der Waals surface area contributed by atoms with Crippen molar-refractivity contribution in [3.05, 3.63) is 119 Å². The molecule has 1 amide bonds. The Labute approximate surface area is 189 Å². The van der Waals surface area contributed by atoms with Gasteiger partial charge in [0.25, 0.3) is 5.91 Å². The minimum atomic E-state index is -0.764. The van der Waals surface area contributed by atoms with Gasteiger partial charge in [-0.3, -0.25) is 9.59 Å². The molecule has 0 bridgehead atoms. The Morgan fingerprint density at radius 2 is 1.67 bits per heavy atom. The Morgan fingerprint density at radius 3 is 2.39 bits per heavy atom. The van der Waals surface area contributed by atoms with E-state index in [1.54, 1.807) is 30.3 Å². The Morgan fingerprint density at radius 1 is 0.970 bits per heavy atom. The Kier molecular flexibility index (Phi) is 5.26. The third-order valence-corrected chi connectivity index (χ3v) is 5.87. The molecule has 0 saturated heterocycles. The highest BCUT2D eigenvalue weighted by Crippen LogP contribution is 2.39. The normalized spacial score (nSPS) is 16.1. The number of amides is 1. The molecule has 1 atom stereocenters. The van der Waals surface area contributed by atoms with Crippen molar-refractivity contribution < 1.29 is 23.5 Å². The SMILES string of the molecule is O=C(C1=C(O)C(=O)N(CCc2ccc(F)cc2)C1c1ccccc1)c1cc2ccccc2o1. The summed E-state index contributed by atoms with van der Waals surface area (Å²) in [7, 11) is 0. The number of carbonyl (C=O) groups is 2. The standard InChI is InChI=1S/C27H20FNO4/c28-20-12-10-17(11-13-20)14-15-29-24(18-6-2-1-3-7-18)23(26(31)27(29)32)25(30)22-16-19-8-4-5-9-21(19)33-22/h1-13,16,24,31H,14-15H2. The number of fused-ring (bicyclic) bond motifs is 1. The van der Waals surface area contributed by atoms with Gasteiger partial charge in [-0.2, -0.15) is 0 Å². The number of para-hydroxylation sites is 1. The minimum Gasteiger partial charge on any atom is -0.503 e. The van der Waals surface area contributed by atoms with Crippen LogP contribution in [0.5, 0.6) is 0 Å². The molecule has 2 heterocycles.